The quantitative estimate of drug-likeness (QED) is 0.670. The van der Waals surface area contributed by atoms with E-state index in [4.69, 9.17) is 5.11 Å². The first-order valence-corrected chi connectivity index (χ1v) is 4.73. The molecule has 1 heterocycles. The number of alkyl halides is 5. The third-order valence-corrected chi connectivity index (χ3v) is 2.35. The van der Waals surface area contributed by atoms with Gasteiger partial charge >= 0.3 is 12.1 Å². The van der Waals surface area contributed by atoms with E-state index in [0.717, 1.165) is 0 Å². The Morgan fingerprint density at radius 3 is 2.29 bits per heavy atom. The van der Waals surface area contributed by atoms with E-state index in [0.29, 0.717) is 0 Å². The van der Waals surface area contributed by atoms with Crippen molar-refractivity contribution in [2.24, 2.45) is 0 Å². The first-order valence-electron chi connectivity index (χ1n) is 3.93. The lowest BCUT2D eigenvalue weighted by Crippen LogP contribution is -2.14. The van der Waals surface area contributed by atoms with Crippen LogP contribution in [0.25, 0.3) is 0 Å². The lowest BCUT2D eigenvalue weighted by atomic mass is 10.1. The molecule has 0 bridgehead atoms. The topological polar surface area (TPSA) is 50.2 Å². The van der Waals surface area contributed by atoms with Gasteiger partial charge in [0.1, 0.15) is 10.3 Å². The lowest BCUT2D eigenvalue weighted by molar-refractivity contribution is -0.140. The molecule has 0 atom stereocenters. The van der Waals surface area contributed by atoms with Crippen molar-refractivity contribution < 1.29 is 31.9 Å². The van der Waals surface area contributed by atoms with Crippen LogP contribution in [0.5, 0.6) is 0 Å². The van der Waals surface area contributed by atoms with Crippen LogP contribution in [-0.2, 0) is 6.18 Å². The monoisotopic (exact) mass is 319 g/mol. The molecule has 0 spiro atoms. The predicted molar refractivity (Wildman–Crippen MR) is 48.9 cm³/mol. The maximum Gasteiger partial charge on any atom is 0.418 e. The van der Waals surface area contributed by atoms with Gasteiger partial charge in [-0.2, -0.15) is 13.2 Å². The zero-order valence-electron chi connectivity index (χ0n) is 7.73. The van der Waals surface area contributed by atoms with E-state index in [-0.39, 0.29) is 6.07 Å². The Kier molecular flexibility index (Phi) is 3.70. The van der Waals surface area contributed by atoms with Crippen molar-refractivity contribution in [1.29, 1.82) is 0 Å². The molecule has 0 saturated heterocycles. The second kappa shape index (κ2) is 4.55. The van der Waals surface area contributed by atoms with Gasteiger partial charge in [-0.15, -0.1) is 0 Å². The lowest BCUT2D eigenvalue weighted by Gasteiger charge is -2.13. The van der Waals surface area contributed by atoms with E-state index in [1.807, 2.05) is 0 Å². The molecule has 17 heavy (non-hydrogen) atoms. The molecule has 1 N–H and O–H groups in total. The Morgan fingerprint density at radius 1 is 1.41 bits per heavy atom. The molecular weight excluding hydrogens is 317 g/mol. The van der Waals surface area contributed by atoms with Crippen LogP contribution < -0.4 is 0 Å². The maximum atomic E-state index is 12.4. The molecule has 0 saturated carbocycles. The molecule has 0 amide bonds. The Hall–Kier alpha value is -1.25. The van der Waals surface area contributed by atoms with Gasteiger partial charge in [0.25, 0.3) is 6.43 Å². The minimum Gasteiger partial charge on any atom is -0.478 e. The van der Waals surface area contributed by atoms with Crippen molar-refractivity contribution in [3.63, 3.8) is 0 Å². The first-order chi connectivity index (χ1) is 7.64. The average Bonchev–Trinajstić information content (AvgIpc) is 2.14. The SMILES string of the molecule is O=C(O)c1cc(C(F)(F)F)c(C(F)F)nc1Br. The van der Waals surface area contributed by atoms with Crippen LogP contribution in [-0.4, -0.2) is 16.1 Å². The Morgan fingerprint density at radius 2 is 1.94 bits per heavy atom. The molecule has 0 aliphatic heterocycles. The summed E-state index contributed by atoms with van der Waals surface area (Å²) in [7, 11) is 0. The smallest absolute Gasteiger partial charge is 0.418 e. The van der Waals surface area contributed by atoms with Crippen LogP contribution in [0.15, 0.2) is 10.7 Å². The summed E-state index contributed by atoms with van der Waals surface area (Å²) in [5, 5.41) is 8.56. The molecule has 3 nitrogen and oxygen atoms in total. The van der Waals surface area contributed by atoms with Crippen LogP contribution >= 0.6 is 15.9 Å². The highest BCUT2D eigenvalue weighted by atomic mass is 79.9. The van der Waals surface area contributed by atoms with Crippen LogP contribution in [0.1, 0.15) is 28.0 Å². The maximum absolute atomic E-state index is 12.4. The van der Waals surface area contributed by atoms with E-state index in [1.165, 1.54) is 0 Å². The number of carboxylic acid groups (broad SMARTS) is 1. The highest BCUT2D eigenvalue weighted by Gasteiger charge is 2.38. The van der Waals surface area contributed by atoms with Crippen molar-refractivity contribution in [2.75, 3.05) is 0 Å². The summed E-state index contributed by atoms with van der Waals surface area (Å²) < 4.78 is 61.3. The second-order valence-corrected chi connectivity index (χ2v) is 3.61. The number of carbonyl (C=O) groups is 1. The van der Waals surface area contributed by atoms with Gasteiger partial charge in [0.05, 0.1) is 11.1 Å². The van der Waals surface area contributed by atoms with E-state index in [2.05, 4.69) is 20.9 Å². The second-order valence-electron chi connectivity index (χ2n) is 2.86. The Balaban J connectivity index is 3.54. The number of hydrogen-bond acceptors (Lipinski definition) is 2. The summed E-state index contributed by atoms with van der Waals surface area (Å²) in [6.45, 7) is 0. The summed E-state index contributed by atoms with van der Waals surface area (Å²) in [5.74, 6) is -1.70. The molecule has 0 aliphatic rings. The van der Waals surface area contributed by atoms with Crippen molar-refractivity contribution >= 4 is 21.9 Å². The number of hydrogen-bond donors (Lipinski definition) is 1. The van der Waals surface area contributed by atoms with Crippen molar-refractivity contribution in [1.82, 2.24) is 4.98 Å². The molecule has 0 fully saturated rings. The number of halogens is 6. The van der Waals surface area contributed by atoms with E-state index >= 15 is 0 Å². The Bertz CT molecular complexity index is 460. The highest BCUT2D eigenvalue weighted by molar-refractivity contribution is 9.10. The molecule has 9 heteroatoms. The minimum atomic E-state index is -5.09. The number of rotatable bonds is 2. The van der Waals surface area contributed by atoms with Gasteiger partial charge in [0.15, 0.2) is 0 Å². The van der Waals surface area contributed by atoms with Gasteiger partial charge in [0, 0.05) is 0 Å². The van der Waals surface area contributed by atoms with Crippen LogP contribution in [0.4, 0.5) is 22.0 Å². The fourth-order valence-corrected chi connectivity index (χ4v) is 1.52. The summed E-state index contributed by atoms with van der Waals surface area (Å²) >= 11 is 2.52. The van der Waals surface area contributed by atoms with Crippen LogP contribution in [0.3, 0.4) is 0 Å². The predicted octanol–water partition coefficient (Wildman–Crippen LogP) is 3.50. The minimum absolute atomic E-state index is 0.126. The number of nitrogens with zero attached hydrogens (tertiary/aromatic N) is 1. The zero-order valence-corrected chi connectivity index (χ0v) is 9.31. The van der Waals surface area contributed by atoms with Crippen molar-refractivity contribution in [3.05, 3.63) is 27.5 Å². The highest BCUT2D eigenvalue weighted by Crippen LogP contribution is 2.37. The molecule has 1 aromatic heterocycles. The third-order valence-electron chi connectivity index (χ3n) is 1.75. The summed E-state index contributed by atoms with van der Waals surface area (Å²) in [6, 6.07) is 0.126. The molecule has 0 aromatic carbocycles. The molecule has 0 aliphatic carbocycles. The summed E-state index contributed by atoms with van der Waals surface area (Å²) in [4.78, 5) is 13.5. The molecule has 1 aromatic rings. The van der Waals surface area contributed by atoms with Gasteiger partial charge < -0.3 is 5.11 Å². The van der Waals surface area contributed by atoms with Gasteiger partial charge in [-0.25, -0.2) is 18.6 Å². The van der Waals surface area contributed by atoms with Crippen LogP contribution in [0, 0.1) is 0 Å². The fourth-order valence-electron chi connectivity index (χ4n) is 1.05. The molecular formula is C8H3BrF5NO2. The van der Waals surface area contributed by atoms with E-state index in [1.54, 1.807) is 0 Å². The van der Waals surface area contributed by atoms with Gasteiger partial charge in [0.2, 0.25) is 0 Å². The van der Waals surface area contributed by atoms with E-state index in [9.17, 15) is 26.7 Å². The van der Waals surface area contributed by atoms with Crippen molar-refractivity contribution in [2.45, 2.75) is 12.6 Å². The fraction of sp³-hybridized carbons (Fsp3) is 0.250. The standard InChI is InChI=1S/C8H3BrF5NO2/c9-5-2(7(16)17)1-3(8(12,13)14)4(15-5)6(10)11/h1,6H,(H,16,17). The number of carboxylic acids is 1. The van der Waals surface area contributed by atoms with Gasteiger partial charge in [-0.3, -0.25) is 0 Å². The largest absolute Gasteiger partial charge is 0.478 e. The summed E-state index contributed by atoms with van der Waals surface area (Å²) in [5.41, 5.74) is -4.09. The third kappa shape index (κ3) is 2.90. The molecule has 0 radical (unpaired) electrons. The van der Waals surface area contributed by atoms with Crippen LogP contribution in [0.2, 0.25) is 0 Å². The first kappa shape index (κ1) is 13.8. The van der Waals surface area contributed by atoms with Crippen molar-refractivity contribution in [3.8, 4) is 0 Å². The number of aromatic carboxylic acids is 1. The van der Waals surface area contributed by atoms with Gasteiger partial charge in [-0.1, -0.05) is 0 Å². The summed E-state index contributed by atoms with van der Waals surface area (Å²) in [6.07, 6.45) is -8.55. The number of aromatic nitrogens is 1. The average molecular weight is 320 g/mol. The normalized spacial score (nSPS) is 11.9. The molecule has 0 unspecified atom stereocenters. The molecule has 94 valence electrons. The molecule has 1 rings (SSSR count). The number of pyridine rings is 1. The van der Waals surface area contributed by atoms with E-state index < -0.39 is 40.0 Å². The zero-order chi connectivity index (χ0) is 13.4. The van der Waals surface area contributed by atoms with Gasteiger partial charge in [-0.05, 0) is 22.0 Å². The Labute approximate surface area is 99.4 Å².